The highest BCUT2D eigenvalue weighted by Crippen LogP contribution is 2.55. The number of phenols is 2. The van der Waals surface area contributed by atoms with Crippen LogP contribution in [0.3, 0.4) is 0 Å². The number of likely N-dealkylation sites (tertiary alicyclic amines) is 3. The van der Waals surface area contributed by atoms with Crippen LogP contribution in [0.5, 0.6) is 11.5 Å². The van der Waals surface area contributed by atoms with Crippen molar-refractivity contribution in [1.29, 1.82) is 0 Å². The number of piperidine rings is 2. The minimum Gasteiger partial charge on any atom is -0.504 e. The molecule has 5 rings (SSSR count). The van der Waals surface area contributed by atoms with Gasteiger partial charge in [0.15, 0.2) is 11.5 Å². The van der Waals surface area contributed by atoms with E-state index >= 15 is 0 Å². The SMILES string of the molecule is Cc1ccc(O)c(O)c1C12CCN(C(=O)CN3CCCCC3)CCC1(O)C(C)N(CC1CC1)CC2. The summed E-state index contributed by atoms with van der Waals surface area (Å²) in [5, 5.41) is 34.2. The van der Waals surface area contributed by atoms with Crippen molar-refractivity contribution in [3.8, 4) is 11.5 Å². The number of amides is 1. The molecule has 0 radical (unpaired) electrons. The third kappa shape index (κ3) is 4.44. The van der Waals surface area contributed by atoms with Gasteiger partial charge in [-0.25, -0.2) is 0 Å². The Hall–Kier alpha value is -1.83. The maximum Gasteiger partial charge on any atom is 0.236 e. The summed E-state index contributed by atoms with van der Waals surface area (Å²) in [6.07, 6.45) is 7.82. The molecule has 0 aromatic heterocycles. The number of carbonyl (C=O) groups is 1. The lowest BCUT2D eigenvalue weighted by atomic mass is 9.56. The number of rotatable bonds is 5. The van der Waals surface area contributed by atoms with Gasteiger partial charge < -0.3 is 20.2 Å². The van der Waals surface area contributed by atoms with Crippen molar-refractivity contribution in [2.45, 2.75) is 82.3 Å². The van der Waals surface area contributed by atoms with E-state index in [4.69, 9.17) is 0 Å². The lowest BCUT2D eigenvalue weighted by molar-refractivity contribution is -0.138. The minimum atomic E-state index is -1.11. The van der Waals surface area contributed by atoms with Crippen LogP contribution in [0, 0.1) is 12.8 Å². The third-order valence-electron chi connectivity index (χ3n) is 9.66. The Balaban J connectivity index is 1.48. The number of benzene rings is 1. The quantitative estimate of drug-likeness (QED) is 0.556. The second kappa shape index (κ2) is 9.56. The lowest BCUT2D eigenvalue weighted by Gasteiger charge is -2.57. The van der Waals surface area contributed by atoms with Crippen molar-refractivity contribution in [2.24, 2.45) is 5.92 Å². The Bertz CT molecular complexity index is 944. The average molecular weight is 486 g/mol. The summed E-state index contributed by atoms with van der Waals surface area (Å²) in [6.45, 7) is 9.41. The van der Waals surface area contributed by atoms with E-state index < -0.39 is 11.0 Å². The second-order valence-corrected chi connectivity index (χ2v) is 11.7. The van der Waals surface area contributed by atoms with Gasteiger partial charge in [0.25, 0.3) is 0 Å². The van der Waals surface area contributed by atoms with E-state index in [1.165, 1.54) is 25.3 Å². The molecule has 1 aromatic rings. The molecule has 7 heteroatoms. The zero-order chi connectivity index (χ0) is 24.8. The maximum atomic E-state index is 13.4. The number of nitrogens with zero attached hydrogens (tertiary/aromatic N) is 3. The maximum absolute atomic E-state index is 13.4. The molecular formula is C28H43N3O4. The highest BCUT2D eigenvalue weighted by molar-refractivity contribution is 5.78. The molecule has 194 valence electrons. The largest absolute Gasteiger partial charge is 0.504 e. The van der Waals surface area contributed by atoms with Gasteiger partial charge in [-0.15, -0.1) is 0 Å². The van der Waals surface area contributed by atoms with E-state index in [1.54, 1.807) is 0 Å². The number of aryl methyl sites for hydroxylation is 1. The highest BCUT2D eigenvalue weighted by atomic mass is 16.3. The zero-order valence-electron chi connectivity index (χ0n) is 21.5. The van der Waals surface area contributed by atoms with E-state index in [9.17, 15) is 20.1 Å². The Morgan fingerprint density at radius 1 is 1.00 bits per heavy atom. The Morgan fingerprint density at radius 2 is 1.69 bits per heavy atom. The van der Waals surface area contributed by atoms with E-state index in [2.05, 4.69) is 16.7 Å². The molecule has 4 aliphatic rings. The molecular weight excluding hydrogens is 442 g/mol. The fourth-order valence-electron chi connectivity index (χ4n) is 7.27. The van der Waals surface area contributed by atoms with Gasteiger partial charge in [-0.2, -0.15) is 0 Å². The molecule has 1 aliphatic carbocycles. The molecule has 0 bridgehead atoms. The van der Waals surface area contributed by atoms with Crippen LogP contribution in [0.25, 0.3) is 0 Å². The van der Waals surface area contributed by atoms with Crippen molar-refractivity contribution in [3.05, 3.63) is 23.3 Å². The summed E-state index contributed by atoms with van der Waals surface area (Å²) in [4.78, 5) is 20.0. The third-order valence-corrected chi connectivity index (χ3v) is 9.66. The van der Waals surface area contributed by atoms with Gasteiger partial charge in [0.2, 0.25) is 5.91 Å². The summed E-state index contributed by atoms with van der Waals surface area (Å²) in [5.41, 5.74) is -0.284. The molecule has 0 spiro atoms. The van der Waals surface area contributed by atoms with Crippen LogP contribution < -0.4 is 0 Å². The average Bonchev–Trinajstić information content (AvgIpc) is 3.67. The van der Waals surface area contributed by atoms with Gasteiger partial charge in [0, 0.05) is 36.7 Å². The monoisotopic (exact) mass is 485 g/mol. The number of carbonyl (C=O) groups excluding carboxylic acids is 1. The number of phenolic OH excluding ortho intramolecular Hbond substituents is 2. The van der Waals surface area contributed by atoms with Crippen molar-refractivity contribution in [3.63, 3.8) is 0 Å². The molecule has 1 saturated carbocycles. The van der Waals surface area contributed by atoms with Crippen LogP contribution in [0.15, 0.2) is 12.1 Å². The van der Waals surface area contributed by atoms with Crippen LogP contribution in [-0.4, -0.2) is 93.4 Å². The fraction of sp³-hybridized carbons (Fsp3) is 0.750. The molecule has 35 heavy (non-hydrogen) atoms. The zero-order valence-corrected chi connectivity index (χ0v) is 21.5. The van der Waals surface area contributed by atoms with Crippen molar-refractivity contribution in [1.82, 2.24) is 14.7 Å². The predicted octanol–water partition coefficient (Wildman–Crippen LogP) is 2.99. The van der Waals surface area contributed by atoms with Gasteiger partial charge in [0.1, 0.15) is 0 Å². The summed E-state index contributed by atoms with van der Waals surface area (Å²) < 4.78 is 0. The molecule has 3 aliphatic heterocycles. The van der Waals surface area contributed by atoms with Gasteiger partial charge in [-0.05, 0) is 96.0 Å². The molecule has 1 aromatic carbocycles. The molecule has 3 saturated heterocycles. The van der Waals surface area contributed by atoms with Crippen LogP contribution in [0.1, 0.15) is 69.4 Å². The first-order valence-corrected chi connectivity index (χ1v) is 13.7. The molecule has 3 atom stereocenters. The van der Waals surface area contributed by atoms with Crippen LogP contribution in [0.2, 0.25) is 0 Å². The Labute approximate surface area is 209 Å². The second-order valence-electron chi connectivity index (χ2n) is 11.7. The summed E-state index contributed by atoms with van der Waals surface area (Å²) in [6, 6.07) is 3.26. The summed E-state index contributed by atoms with van der Waals surface area (Å²) in [7, 11) is 0. The minimum absolute atomic E-state index is 0.102. The number of aromatic hydroxyl groups is 2. The number of hydrogen-bond donors (Lipinski definition) is 3. The first-order valence-electron chi connectivity index (χ1n) is 13.7. The first kappa shape index (κ1) is 24.8. The topological polar surface area (TPSA) is 87.5 Å². The Kier molecular flexibility index (Phi) is 6.79. The predicted molar refractivity (Wildman–Crippen MR) is 136 cm³/mol. The van der Waals surface area contributed by atoms with Gasteiger partial charge >= 0.3 is 0 Å². The number of hydrogen-bond acceptors (Lipinski definition) is 6. The van der Waals surface area contributed by atoms with Crippen molar-refractivity contribution >= 4 is 5.91 Å². The van der Waals surface area contributed by atoms with E-state index in [1.807, 2.05) is 17.9 Å². The van der Waals surface area contributed by atoms with Crippen LogP contribution in [0.4, 0.5) is 0 Å². The van der Waals surface area contributed by atoms with E-state index in [0.717, 1.165) is 50.5 Å². The summed E-state index contributed by atoms with van der Waals surface area (Å²) >= 11 is 0. The Morgan fingerprint density at radius 3 is 2.40 bits per heavy atom. The van der Waals surface area contributed by atoms with Crippen molar-refractivity contribution < 1.29 is 20.1 Å². The molecule has 1 amide bonds. The van der Waals surface area contributed by atoms with Crippen LogP contribution in [-0.2, 0) is 10.2 Å². The van der Waals surface area contributed by atoms with Crippen LogP contribution >= 0.6 is 0 Å². The lowest BCUT2D eigenvalue weighted by Crippen LogP contribution is -2.68. The smallest absolute Gasteiger partial charge is 0.236 e. The van der Waals surface area contributed by atoms with E-state index in [-0.39, 0.29) is 23.4 Å². The van der Waals surface area contributed by atoms with Crippen molar-refractivity contribution in [2.75, 3.05) is 45.8 Å². The fourth-order valence-corrected chi connectivity index (χ4v) is 7.27. The summed E-state index contributed by atoms with van der Waals surface area (Å²) in [5.74, 6) is 0.610. The van der Waals surface area contributed by atoms with Gasteiger partial charge in [-0.1, -0.05) is 12.5 Å². The number of fused-ring (bicyclic) bond motifs is 1. The normalized spacial score (nSPS) is 32.8. The standard InChI is InChI=1S/C28H43N3O4/c1-20-6-9-23(32)26(34)25(20)27-10-15-30(24(33)19-29-13-4-3-5-14-29)17-12-28(27,35)21(2)31(16-11-27)18-22-7-8-22/h6,9,21-22,32,34-35H,3-5,7-8,10-19H2,1-2H3. The molecule has 4 fully saturated rings. The first-order chi connectivity index (χ1) is 16.7. The molecule has 3 unspecified atom stereocenters. The molecule has 3 heterocycles. The van der Waals surface area contributed by atoms with Gasteiger partial charge in [-0.3, -0.25) is 14.6 Å². The van der Waals surface area contributed by atoms with E-state index in [0.29, 0.717) is 44.5 Å². The molecule has 3 N–H and O–H groups in total. The highest BCUT2D eigenvalue weighted by Gasteiger charge is 2.60. The van der Waals surface area contributed by atoms with Gasteiger partial charge in [0.05, 0.1) is 12.1 Å². The number of aliphatic hydroxyl groups is 1. The molecule has 7 nitrogen and oxygen atoms in total.